The van der Waals surface area contributed by atoms with Gasteiger partial charge < -0.3 is 14.8 Å². The lowest BCUT2D eigenvalue weighted by Crippen LogP contribution is -2.46. The molecule has 0 bridgehead atoms. The number of rotatable bonds is 6. The van der Waals surface area contributed by atoms with Gasteiger partial charge in [0.15, 0.2) is 0 Å². The van der Waals surface area contributed by atoms with E-state index in [1.807, 2.05) is 25.1 Å². The average Bonchev–Trinajstić information content (AvgIpc) is 3.13. The summed E-state index contributed by atoms with van der Waals surface area (Å²) < 4.78 is 6.08. The Hall–Kier alpha value is -2.38. The molecular weight excluding hydrogens is 453 g/mol. The van der Waals surface area contributed by atoms with Gasteiger partial charge in [0.05, 0.1) is 17.9 Å². The number of allylic oxidation sites excluding steroid dienone is 2. The summed E-state index contributed by atoms with van der Waals surface area (Å²) in [5.74, 6) is -0.554. The van der Waals surface area contributed by atoms with Gasteiger partial charge in [0, 0.05) is 11.6 Å². The van der Waals surface area contributed by atoms with Crippen LogP contribution in [0.2, 0.25) is 6.32 Å². The van der Waals surface area contributed by atoms with Crippen LogP contribution >= 0.6 is 0 Å². The standard InChI is InChI=1S/C29H38BNO5/c1-3-19-16-22-27(29(34)31(28(22)33)21-10-5-4-6-11-21)23-17-30(35)36-25(26(19)23)14-13-18(2)15-20-9-7-8-12-24(20)32/h7-9,12,15,21-23,25,27,32,35H,3-6,10-11,13-14,16-17H2,1-2H3/b18-15+/t22-,23+,25-,27-/m1/s1. The molecule has 1 saturated carbocycles. The Morgan fingerprint density at radius 3 is 2.61 bits per heavy atom. The summed E-state index contributed by atoms with van der Waals surface area (Å²) in [6.07, 6.45) is 10.1. The van der Waals surface area contributed by atoms with E-state index >= 15 is 0 Å². The third-order valence-electron chi connectivity index (χ3n) is 8.85. The van der Waals surface area contributed by atoms with Crippen LogP contribution in [0.3, 0.4) is 0 Å². The number of fused-ring (bicyclic) bond motifs is 3. The number of carbonyl (C=O) groups is 2. The van der Waals surface area contributed by atoms with Gasteiger partial charge in [-0.15, -0.1) is 0 Å². The van der Waals surface area contributed by atoms with Crippen molar-refractivity contribution in [3.8, 4) is 5.75 Å². The van der Waals surface area contributed by atoms with Crippen molar-refractivity contribution in [3.63, 3.8) is 0 Å². The van der Waals surface area contributed by atoms with E-state index < -0.39 is 7.12 Å². The van der Waals surface area contributed by atoms with Crippen LogP contribution in [0.5, 0.6) is 5.75 Å². The number of amides is 2. The summed E-state index contributed by atoms with van der Waals surface area (Å²) in [5, 5.41) is 20.8. The number of nitrogens with zero attached hydrogens (tertiary/aromatic N) is 1. The number of hydrogen-bond donors (Lipinski definition) is 2. The molecule has 6 nitrogen and oxygen atoms in total. The Bertz CT molecular complexity index is 1080. The Morgan fingerprint density at radius 1 is 1.14 bits per heavy atom. The van der Waals surface area contributed by atoms with Crippen LogP contribution in [0, 0.1) is 17.8 Å². The van der Waals surface area contributed by atoms with Crippen molar-refractivity contribution >= 4 is 25.0 Å². The molecule has 0 spiro atoms. The van der Waals surface area contributed by atoms with Crippen LogP contribution in [0.15, 0.2) is 41.0 Å². The minimum Gasteiger partial charge on any atom is -0.507 e. The van der Waals surface area contributed by atoms with Crippen molar-refractivity contribution in [2.24, 2.45) is 17.8 Å². The average molecular weight is 491 g/mol. The van der Waals surface area contributed by atoms with Crippen LogP contribution < -0.4 is 0 Å². The predicted molar refractivity (Wildman–Crippen MR) is 140 cm³/mol. The zero-order valence-electron chi connectivity index (χ0n) is 21.5. The first kappa shape index (κ1) is 25.3. The molecule has 2 aliphatic heterocycles. The molecule has 2 aliphatic carbocycles. The van der Waals surface area contributed by atoms with Crippen molar-refractivity contribution in [2.75, 3.05) is 0 Å². The lowest BCUT2D eigenvalue weighted by Gasteiger charge is -2.43. The summed E-state index contributed by atoms with van der Waals surface area (Å²) in [7, 11) is -0.935. The van der Waals surface area contributed by atoms with Gasteiger partial charge in [-0.25, -0.2) is 0 Å². The Morgan fingerprint density at radius 2 is 1.89 bits per heavy atom. The van der Waals surface area contributed by atoms with E-state index in [9.17, 15) is 19.7 Å². The van der Waals surface area contributed by atoms with E-state index in [0.29, 0.717) is 19.2 Å². The fourth-order valence-electron chi connectivity index (χ4n) is 7.13. The van der Waals surface area contributed by atoms with Crippen molar-refractivity contribution < 1.29 is 24.4 Å². The van der Waals surface area contributed by atoms with E-state index in [1.165, 1.54) is 12.0 Å². The molecular formula is C29H38BNO5. The second-order valence-electron chi connectivity index (χ2n) is 11.1. The number of para-hydroxylation sites is 1. The number of carbonyl (C=O) groups excluding carboxylic acids is 2. The fraction of sp³-hybridized carbons (Fsp3) is 0.586. The highest BCUT2D eigenvalue weighted by Gasteiger charge is 2.58. The number of hydrogen-bond acceptors (Lipinski definition) is 5. The lowest BCUT2D eigenvalue weighted by molar-refractivity contribution is -0.143. The Labute approximate surface area is 214 Å². The molecule has 2 heterocycles. The molecule has 4 aliphatic rings. The van der Waals surface area contributed by atoms with Gasteiger partial charge in [0.25, 0.3) is 0 Å². The second-order valence-corrected chi connectivity index (χ2v) is 11.1. The first-order chi connectivity index (χ1) is 17.4. The van der Waals surface area contributed by atoms with Crippen molar-refractivity contribution in [2.45, 2.75) is 90.1 Å². The maximum Gasteiger partial charge on any atom is 0.455 e. The van der Waals surface area contributed by atoms with E-state index in [-0.39, 0.29) is 47.5 Å². The zero-order chi connectivity index (χ0) is 25.4. The molecule has 2 amide bonds. The quantitative estimate of drug-likeness (QED) is 0.328. The van der Waals surface area contributed by atoms with Gasteiger partial charge in [-0.05, 0) is 69.3 Å². The molecule has 192 valence electrons. The maximum atomic E-state index is 13.7. The first-order valence-corrected chi connectivity index (χ1v) is 13.8. The molecule has 0 aromatic heterocycles. The number of imide groups is 1. The molecule has 1 aromatic rings. The monoisotopic (exact) mass is 491 g/mol. The minimum absolute atomic E-state index is 0.0147. The third-order valence-corrected chi connectivity index (χ3v) is 8.85. The molecule has 5 rings (SSSR count). The first-order valence-electron chi connectivity index (χ1n) is 13.8. The molecule has 0 radical (unpaired) electrons. The van der Waals surface area contributed by atoms with Crippen LogP contribution in [0.1, 0.15) is 77.2 Å². The molecule has 0 unspecified atom stereocenters. The van der Waals surface area contributed by atoms with Crippen molar-refractivity contribution in [1.82, 2.24) is 4.90 Å². The van der Waals surface area contributed by atoms with Gasteiger partial charge in [-0.1, -0.05) is 61.6 Å². The topological polar surface area (TPSA) is 87.1 Å². The summed E-state index contributed by atoms with van der Waals surface area (Å²) in [6.45, 7) is 4.15. The molecule has 7 heteroatoms. The number of phenols is 1. The largest absolute Gasteiger partial charge is 0.507 e. The van der Waals surface area contributed by atoms with Gasteiger partial charge in [-0.2, -0.15) is 0 Å². The Kier molecular flexibility index (Phi) is 7.41. The highest BCUT2D eigenvalue weighted by molar-refractivity contribution is 6.43. The van der Waals surface area contributed by atoms with Crippen molar-refractivity contribution in [1.29, 1.82) is 0 Å². The van der Waals surface area contributed by atoms with E-state index in [1.54, 1.807) is 17.0 Å². The summed E-state index contributed by atoms with van der Waals surface area (Å²) in [4.78, 5) is 28.9. The highest BCUT2D eigenvalue weighted by atomic mass is 16.5. The zero-order valence-corrected chi connectivity index (χ0v) is 21.5. The van der Waals surface area contributed by atoms with Gasteiger partial charge >= 0.3 is 7.12 Å². The normalized spacial score (nSPS) is 29.6. The molecule has 4 atom stereocenters. The summed E-state index contributed by atoms with van der Waals surface area (Å²) in [6, 6.07) is 7.31. The third kappa shape index (κ3) is 4.68. The second kappa shape index (κ2) is 10.5. The fourth-order valence-corrected chi connectivity index (χ4v) is 7.13. The molecule has 2 N–H and O–H groups in total. The number of phenolic OH excluding ortho intramolecular Hbond substituents is 1. The van der Waals surface area contributed by atoms with E-state index in [4.69, 9.17) is 4.65 Å². The minimum atomic E-state index is -0.935. The Balaban J connectivity index is 1.38. The smallest absolute Gasteiger partial charge is 0.455 e. The van der Waals surface area contributed by atoms with Crippen LogP contribution in [0.4, 0.5) is 0 Å². The predicted octanol–water partition coefficient (Wildman–Crippen LogP) is 5.12. The van der Waals surface area contributed by atoms with E-state index in [0.717, 1.165) is 55.2 Å². The molecule has 1 aromatic carbocycles. The summed E-state index contributed by atoms with van der Waals surface area (Å²) in [5.41, 5.74) is 4.28. The van der Waals surface area contributed by atoms with E-state index in [2.05, 4.69) is 6.92 Å². The number of likely N-dealkylation sites (tertiary alicyclic amines) is 1. The highest BCUT2D eigenvalue weighted by Crippen LogP contribution is 2.52. The van der Waals surface area contributed by atoms with Gasteiger partial charge in [0.1, 0.15) is 5.75 Å². The SMILES string of the molecule is CCC1=C2[C@@H](CC/C(C)=C/c3ccccc3O)OB(O)C[C@@H]2[C@@H]2C(=O)N(C3CCCCC3)C(=O)[C@@H]2C1. The van der Waals surface area contributed by atoms with Crippen LogP contribution in [-0.2, 0) is 14.2 Å². The van der Waals surface area contributed by atoms with Crippen LogP contribution in [-0.4, -0.2) is 46.1 Å². The number of benzene rings is 1. The molecule has 36 heavy (non-hydrogen) atoms. The van der Waals surface area contributed by atoms with Gasteiger partial charge in [-0.3, -0.25) is 14.5 Å². The lowest BCUT2D eigenvalue weighted by atomic mass is 9.58. The van der Waals surface area contributed by atoms with Crippen LogP contribution in [0.25, 0.3) is 6.08 Å². The van der Waals surface area contributed by atoms with Crippen molar-refractivity contribution in [3.05, 3.63) is 46.5 Å². The molecule has 3 fully saturated rings. The maximum absolute atomic E-state index is 13.7. The number of aromatic hydroxyl groups is 1. The van der Waals surface area contributed by atoms with Gasteiger partial charge in [0.2, 0.25) is 11.8 Å². The molecule has 2 saturated heterocycles. The summed E-state index contributed by atoms with van der Waals surface area (Å²) >= 11 is 0.